The van der Waals surface area contributed by atoms with Crippen LogP contribution in [-0.4, -0.2) is 0 Å². The van der Waals surface area contributed by atoms with Crippen LogP contribution in [0.15, 0.2) is 30.3 Å². The fraction of sp³-hybridized carbons (Fsp3) is 0.591. The van der Waals surface area contributed by atoms with Crippen LogP contribution in [0.3, 0.4) is 0 Å². The van der Waals surface area contributed by atoms with Crippen LogP contribution >= 0.6 is 0 Å². The lowest BCUT2D eigenvalue weighted by molar-refractivity contribution is 0.250. The average molecular weight is 309 g/mol. The summed E-state index contributed by atoms with van der Waals surface area (Å²) in [6.07, 6.45) is 18.5. The van der Waals surface area contributed by atoms with Crippen molar-refractivity contribution in [2.24, 2.45) is 11.8 Å². The second-order valence-electron chi connectivity index (χ2n) is 7.10. The minimum atomic E-state index is 0.734. The van der Waals surface area contributed by atoms with Gasteiger partial charge in [-0.15, -0.1) is 0 Å². The lowest BCUT2D eigenvalue weighted by Gasteiger charge is -2.28. The summed E-state index contributed by atoms with van der Waals surface area (Å²) < 4.78 is 0. The summed E-state index contributed by atoms with van der Waals surface area (Å²) in [5, 5.41) is 8.80. The van der Waals surface area contributed by atoms with Crippen molar-refractivity contribution in [1.82, 2.24) is 0 Å². The van der Waals surface area contributed by atoms with Crippen molar-refractivity contribution in [2.45, 2.75) is 71.1 Å². The van der Waals surface area contributed by atoms with E-state index in [1.54, 1.807) is 0 Å². The predicted octanol–water partition coefficient (Wildman–Crippen LogP) is 6.74. The Morgan fingerprint density at radius 2 is 1.65 bits per heavy atom. The van der Waals surface area contributed by atoms with Gasteiger partial charge in [-0.3, -0.25) is 0 Å². The molecule has 1 aromatic carbocycles. The van der Waals surface area contributed by atoms with Gasteiger partial charge in [-0.05, 0) is 42.4 Å². The maximum atomic E-state index is 8.80. The van der Waals surface area contributed by atoms with Crippen LogP contribution in [0.2, 0.25) is 0 Å². The number of benzene rings is 1. The highest BCUT2D eigenvalue weighted by atomic mass is 14.3. The van der Waals surface area contributed by atoms with Crippen LogP contribution in [0.5, 0.6) is 0 Å². The third-order valence-corrected chi connectivity index (χ3v) is 5.27. The quantitative estimate of drug-likeness (QED) is 0.488. The van der Waals surface area contributed by atoms with Gasteiger partial charge in [0, 0.05) is 0 Å². The van der Waals surface area contributed by atoms with Gasteiger partial charge in [-0.1, -0.05) is 82.6 Å². The largest absolute Gasteiger partial charge is 0.192 e. The molecule has 2 rings (SSSR count). The zero-order valence-electron chi connectivity index (χ0n) is 14.6. The minimum Gasteiger partial charge on any atom is -0.192 e. The smallest absolute Gasteiger partial charge is 0.0991 e. The topological polar surface area (TPSA) is 23.8 Å². The molecule has 1 fully saturated rings. The highest BCUT2D eigenvalue weighted by Gasteiger charge is 2.19. The van der Waals surface area contributed by atoms with Gasteiger partial charge in [-0.2, -0.15) is 5.26 Å². The molecule has 0 aromatic heterocycles. The molecule has 0 saturated heterocycles. The molecule has 0 aliphatic heterocycles. The Bertz CT molecular complexity index is 498. The van der Waals surface area contributed by atoms with E-state index in [-0.39, 0.29) is 0 Å². The highest BCUT2D eigenvalue weighted by molar-refractivity contribution is 5.50. The first-order chi connectivity index (χ1) is 11.3. The maximum absolute atomic E-state index is 8.80. The first kappa shape index (κ1) is 17.8. The molecule has 1 aromatic rings. The van der Waals surface area contributed by atoms with Crippen molar-refractivity contribution in [1.29, 1.82) is 5.26 Å². The van der Waals surface area contributed by atoms with Crippen LogP contribution in [-0.2, 0) is 0 Å². The van der Waals surface area contributed by atoms with Crippen molar-refractivity contribution in [3.63, 3.8) is 0 Å². The molecule has 0 amide bonds. The van der Waals surface area contributed by atoms with Gasteiger partial charge in [0.25, 0.3) is 0 Å². The summed E-state index contributed by atoms with van der Waals surface area (Å²) in [5.74, 6) is 1.97. The summed E-state index contributed by atoms with van der Waals surface area (Å²) in [4.78, 5) is 0. The molecule has 0 N–H and O–H groups in total. The second kappa shape index (κ2) is 10.3. The fourth-order valence-corrected chi connectivity index (χ4v) is 3.71. The Kier molecular flexibility index (Phi) is 7.95. The molecule has 1 aliphatic carbocycles. The Labute approximate surface area is 142 Å². The van der Waals surface area contributed by atoms with Crippen LogP contribution in [0.4, 0.5) is 0 Å². The zero-order valence-corrected chi connectivity index (χ0v) is 14.6. The molecule has 0 spiro atoms. The van der Waals surface area contributed by atoms with Gasteiger partial charge in [0.1, 0.15) is 0 Å². The number of hydrogen-bond donors (Lipinski definition) is 0. The summed E-state index contributed by atoms with van der Waals surface area (Å²) in [6, 6.07) is 9.99. The van der Waals surface area contributed by atoms with Gasteiger partial charge in [0.2, 0.25) is 0 Å². The summed E-state index contributed by atoms with van der Waals surface area (Å²) >= 11 is 0. The number of rotatable bonds is 8. The molecule has 0 bridgehead atoms. The third kappa shape index (κ3) is 6.61. The molecular weight excluding hydrogens is 278 g/mol. The fourth-order valence-electron chi connectivity index (χ4n) is 3.71. The Morgan fingerprint density at radius 1 is 1.00 bits per heavy atom. The van der Waals surface area contributed by atoms with E-state index in [9.17, 15) is 0 Å². The first-order valence-electron chi connectivity index (χ1n) is 9.48. The summed E-state index contributed by atoms with van der Waals surface area (Å²) in [7, 11) is 0. The molecular formula is C22H31N. The van der Waals surface area contributed by atoms with E-state index in [2.05, 4.69) is 25.1 Å². The van der Waals surface area contributed by atoms with Crippen molar-refractivity contribution in [3.8, 4) is 6.07 Å². The predicted molar refractivity (Wildman–Crippen MR) is 99.0 cm³/mol. The monoisotopic (exact) mass is 309 g/mol. The van der Waals surface area contributed by atoms with Gasteiger partial charge in [-0.25, -0.2) is 0 Å². The Morgan fingerprint density at radius 3 is 2.26 bits per heavy atom. The molecule has 124 valence electrons. The van der Waals surface area contributed by atoms with E-state index in [1.165, 1.54) is 69.8 Å². The molecule has 23 heavy (non-hydrogen) atoms. The van der Waals surface area contributed by atoms with Gasteiger partial charge >= 0.3 is 0 Å². The molecule has 0 heterocycles. The first-order valence-corrected chi connectivity index (χ1v) is 9.48. The molecule has 0 atom stereocenters. The van der Waals surface area contributed by atoms with Crippen LogP contribution in [0.25, 0.3) is 6.08 Å². The van der Waals surface area contributed by atoms with Crippen LogP contribution < -0.4 is 0 Å². The normalized spacial score (nSPS) is 21.4. The van der Waals surface area contributed by atoms with Crippen LogP contribution in [0.1, 0.15) is 82.3 Å². The van der Waals surface area contributed by atoms with Crippen molar-refractivity contribution >= 4 is 6.08 Å². The minimum absolute atomic E-state index is 0.734. The summed E-state index contributed by atoms with van der Waals surface area (Å²) in [6.45, 7) is 2.29. The van der Waals surface area contributed by atoms with E-state index in [1.807, 2.05) is 24.3 Å². The Balaban J connectivity index is 1.61. The average Bonchev–Trinajstić information content (AvgIpc) is 2.61. The van der Waals surface area contributed by atoms with E-state index >= 15 is 0 Å². The SMILES string of the molecule is CCCCC[C@H]1CC[C@H](CC/C=C/c2ccc(C#N)cc2)CC1. The summed E-state index contributed by atoms with van der Waals surface area (Å²) in [5.41, 5.74) is 1.93. The van der Waals surface area contributed by atoms with Gasteiger partial charge in [0.05, 0.1) is 11.6 Å². The molecule has 0 radical (unpaired) electrons. The molecule has 0 unspecified atom stereocenters. The van der Waals surface area contributed by atoms with E-state index < -0.39 is 0 Å². The maximum Gasteiger partial charge on any atom is 0.0991 e. The van der Waals surface area contributed by atoms with E-state index in [0.717, 1.165) is 17.4 Å². The number of nitrogens with zero attached hydrogens (tertiary/aromatic N) is 1. The number of allylic oxidation sites excluding steroid dienone is 1. The van der Waals surface area contributed by atoms with Gasteiger partial charge < -0.3 is 0 Å². The molecule has 1 saturated carbocycles. The molecule has 1 heteroatoms. The number of hydrogen-bond acceptors (Lipinski definition) is 1. The zero-order chi connectivity index (χ0) is 16.3. The van der Waals surface area contributed by atoms with Crippen LogP contribution in [0, 0.1) is 23.2 Å². The van der Waals surface area contributed by atoms with E-state index in [4.69, 9.17) is 5.26 Å². The lowest BCUT2D eigenvalue weighted by Crippen LogP contribution is -2.14. The third-order valence-electron chi connectivity index (χ3n) is 5.27. The van der Waals surface area contributed by atoms with Gasteiger partial charge in [0.15, 0.2) is 0 Å². The standard InChI is InChI=1S/C22H31N/c1-2-3-4-7-19-10-12-20(13-11-19)8-5-6-9-21-14-16-22(18-23)17-15-21/h6,9,14-17,19-20H,2-5,7-8,10-13H2,1H3/b9-6+/t19-,20-. The number of nitriles is 1. The van der Waals surface area contributed by atoms with Crippen molar-refractivity contribution < 1.29 is 0 Å². The van der Waals surface area contributed by atoms with Crippen molar-refractivity contribution in [3.05, 3.63) is 41.5 Å². The second-order valence-corrected chi connectivity index (χ2v) is 7.10. The Hall–Kier alpha value is -1.55. The van der Waals surface area contributed by atoms with E-state index in [0.29, 0.717) is 0 Å². The lowest BCUT2D eigenvalue weighted by atomic mass is 9.78. The molecule has 1 aliphatic rings. The number of unbranched alkanes of at least 4 members (excludes halogenated alkanes) is 2. The van der Waals surface area contributed by atoms with Crippen molar-refractivity contribution in [2.75, 3.05) is 0 Å². The molecule has 1 nitrogen and oxygen atoms in total. The highest BCUT2D eigenvalue weighted by Crippen LogP contribution is 2.34.